The first kappa shape index (κ1) is 10.4. The maximum Gasteiger partial charge on any atom is 0.214 e. The van der Waals surface area contributed by atoms with Crippen LogP contribution in [0.25, 0.3) is 0 Å². The zero-order valence-electron chi connectivity index (χ0n) is 8.35. The molecule has 1 saturated heterocycles. The molecule has 2 unspecified atom stereocenters. The van der Waals surface area contributed by atoms with Crippen molar-refractivity contribution in [3.63, 3.8) is 0 Å². The summed E-state index contributed by atoms with van der Waals surface area (Å²) in [5.74, 6) is 0.861. The molecule has 0 amide bonds. The molecule has 2 N–H and O–H groups in total. The van der Waals surface area contributed by atoms with E-state index in [4.69, 9.17) is 5.73 Å². The molecule has 0 aromatic rings. The lowest BCUT2D eigenvalue weighted by molar-refractivity contribution is 0.333. The van der Waals surface area contributed by atoms with Crippen LogP contribution in [0.2, 0.25) is 0 Å². The molecule has 2 fully saturated rings. The first-order valence-corrected chi connectivity index (χ1v) is 6.94. The molecule has 0 aromatic carbocycles. The van der Waals surface area contributed by atoms with Crippen LogP contribution in [0.5, 0.6) is 0 Å². The van der Waals surface area contributed by atoms with Gasteiger partial charge in [0.15, 0.2) is 0 Å². The molecule has 2 bridgehead atoms. The molecule has 2 atom stereocenters. The maximum absolute atomic E-state index is 11.9. The number of sulfonamides is 1. The van der Waals surface area contributed by atoms with E-state index in [1.165, 1.54) is 6.42 Å². The molecule has 82 valence electrons. The molecule has 1 aliphatic heterocycles. The van der Waals surface area contributed by atoms with Crippen LogP contribution in [0.1, 0.15) is 25.7 Å². The minimum atomic E-state index is -3.00. The normalized spacial score (nSPS) is 32.6. The number of fused-ring (bicyclic) bond motifs is 2. The molecule has 2 rings (SSSR count). The molecule has 1 saturated carbocycles. The predicted octanol–water partition coefficient (Wildman–Crippen LogP) is 0.149. The molecule has 5 heteroatoms. The van der Waals surface area contributed by atoms with Gasteiger partial charge in [0.25, 0.3) is 0 Å². The van der Waals surface area contributed by atoms with E-state index >= 15 is 0 Å². The molecular formula is C9H18N2O2S. The van der Waals surface area contributed by atoms with Gasteiger partial charge in [0.1, 0.15) is 0 Å². The fourth-order valence-electron chi connectivity index (χ4n) is 2.60. The van der Waals surface area contributed by atoms with Crippen LogP contribution in [0.4, 0.5) is 0 Å². The third-order valence-electron chi connectivity index (χ3n) is 3.32. The number of rotatable bonds is 4. The highest BCUT2D eigenvalue weighted by Gasteiger charge is 2.43. The summed E-state index contributed by atoms with van der Waals surface area (Å²) >= 11 is 0. The average molecular weight is 218 g/mol. The number of piperidine rings is 1. The molecule has 2 aliphatic rings. The van der Waals surface area contributed by atoms with Gasteiger partial charge >= 0.3 is 0 Å². The van der Waals surface area contributed by atoms with Crippen LogP contribution in [0, 0.1) is 5.92 Å². The maximum atomic E-state index is 11.9. The smallest absolute Gasteiger partial charge is 0.214 e. The van der Waals surface area contributed by atoms with Gasteiger partial charge in [0.2, 0.25) is 10.0 Å². The third-order valence-corrected chi connectivity index (χ3v) is 5.29. The van der Waals surface area contributed by atoms with Crippen LogP contribution >= 0.6 is 0 Å². The van der Waals surface area contributed by atoms with Crippen molar-refractivity contribution in [2.75, 3.05) is 18.8 Å². The van der Waals surface area contributed by atoms with Gasteiger partial charge in [0.05, 0.1) is 5.75 Å². The lowest BCUT2D eigenvalue weighted by atomic mass is 10.1. The van der Waals surface area contributed by atoms with Gasteiger partial charge in [-0.05, 0) is 38.1 Å². The van der Waals surface area contributed by atoms with Crippen molar-refractivity contribution in [1.29, 1.82) is 0 Å². The lowest BCUT2D eigenvalue weighted by Gasteiger charge is -2.25. The molecule has 1 aliphatic carbocycles. The Morgan fingerprint density at radius 3 is 2.64 bits per heavy atom. The minimum absolute atomic E-state index is 0.229. The van der Waals surface area contributed by atoms with E-state index in [9.17, 15) is 8.42 Å². The summed E-state index contributed by atoms with van der Waals surface area (Å²) in [6.07, 6.45) is 3.94. The lowest BCUT2D eigenvalue weighted by Crippen LogP contribution is -2.39. The van der Waals surface area contributed by atoms with Gasteiger partial charge in [-0.15, -0.1) is 0 Å². The molecular weight excluding hydrogens is 200 g/mol. The largest absolute Gasteiger partial charge is 0.330 e. The zero-order valence-corrected chi connectivity index (χ0v) is 9.17. The van der Waals surface area contributed by atoms with E-state index < -0.39 is 10.0 Å². The third kappa shape index (κ3) is 1.81. The standard InChI is InChI=1S/C9H18N2O2S/c10-4-1-5-14(12,13)11-7-8-2-3-9(11)6-8/h8-9H,1-7,10H2. The highest BCUT2D eigenvalue weighted by atomic mass is 32.2. The highest BCUT2D eigenvalue weighted by molar-refractivity contribution is 7.89. The Morgan fingerprint density at radius 1 is 1.36 bits per heavy atom. The van der Waals surface area contributed by atoms with Crippen LogP contribution in [-0.2, 0) is 10.0 Å². The second-order valence-corrected chi connectivity index (χ2v) is 6.40. The predicted molar refractivity (Wildman–Crippen MR) is 55.3 cm³/mol. The first-order chi connectivity index (χ1) is 6.63. The minimum Gasteiger partial charge on any atom is -0.330 e. The van der Waals surface area contributed by atoms with Gasteiger partial charge in [-0.2, -0.15) is 4.31 Å². The zero-order chi connectivity index (χ0) is 10.2. The monoisotopic (exact) mass is 218 g/mol. The van der Waals surface area contributed by atoms with Crippen LogP contribution in [-0.4, -0.2) is 37.6 Å². The molecule has 1 heterocycles. The van der Waals surface area contributed by atoms with Crippen molar-refractivity contribution in [3.8, 4) is 0 Å². The van der Waals surface area contributed by atoms with Crippen LogP contribution in [0.3, 0.4) is 0 Å². The highest BCUT2D eigenvalue weighted by Crippen LogP contribution is 2.39. The van der Waals surface area contributed by atoms with E-state index in [0.29, 0.717) is 24.9 Å². The molecule has 0 spiro atoms. The van der Waals surface area contributed by atoms with Gasteiger partial charge in [-0.3, -0.25) is 0 Å². The van der Waals surface area contributed by atoms with Crippen LogP contribution < -0.4 is 5.73 Å². The molecule has 0 radical (unpaired) electrons. The van der Waals surface area contributed by atoms with Crippen molar-refractivity contribution >= 4 is 10.0 Å². The second kappa shape index (κ2) is 3.79. The van der Waals surface area contributed by atoms with Crippen LogP contribution in [0.15, 0.2) is 0 Å². The van der Waals surface area contributed by atoms with Gasteiger partial charge in [0, 0.05) is 12.6 Å². The van der Waals surface area contributed by atoms with Crippen molar-refractivity contribution in [2.24, 2.45) is 11.7 Å². The Kier molecular flexibility index (Phi) is 2.81. The first-order valence-electron chi connectivity index (χ1n) is 5.33. The SMILES string of the molecule is NCCCS(=O)(=O)N1CC2CCC1C2. The fraction of sp³-hybridized carbons (Fsp3) is 1.00. The summed E-state index contributed by atoms with van der Waals surface area (Å²) in [5.41, 5.74) is 5.33. The Hall–Kier alpha value is -0.130. The van der Waals surface area contributed by atoms with Crippen molar-refractivity contribution in [2.45, 2.75) is 31.7 Å². The summed E-state index contributed by atoms with van der Waals surface area (Å²) in [4.78, 5) is 0. The molecule has 4 nitrogen and oxygen atoms in total. The van der Waals surface area contributed by atoms with Gasteiger partial charge in [-0.1, -0.05) is 0 Å². The summed E-state index contributed by atoms with van der Waals surface area (Å²) in [6, 6.07) is 0.308. The Bertz CT molecular complexity index is 302. The summed E-state index contributed by atoms with van der Waals surface area (Å²) in [6.45, 7) is 1.22. The Morgan fingerprint density at radius 2 is 2.14 bits per heavy atom. The topological polar surface area (TPSA) is 63.4 Å². The number of hydrogen-bond acceptors (Lipinski definition) is 3. The average Bonchev–Trinajstić information content (AvgIpc) is 2.75. The summed E-state index contributed by atoms with van der Waals surface area (Å²) in [5, 5.41) is 0. The van der Waals surface area contributed by atoms with E-state index in [1.54, 1.807) is 4.31 Å². The second-order valence-electron chi connectivity index (χ2n) is 4.36. The Balaban J connectivity index is 2.01. The van der Waals surface area contributed by atoms with E-state index in [1.807, 2.05) is 0 Å². The van der Waals surface area contributed by atoms with Gasteiger partial charge < -0.3 is 5.73 Å². The number of nitrogens with two attached hydrogens (primary N) is 1. The molecule has 14 heavy (non-hydrogen) atoms. The van der Waals surface area contributed by atoms with E-state index in [-0.39, 0.29) is 5.75 Å². The van der Waals surface area contributed by atoms with E-state index in [2.05, 4.69) is 0 Å². The fourth-order valence-corrected chi connectivity index (χ4v) is 4.45. The summed E-state index contributed by atoms with van der Waals surface area (Å²) in [7, 11) is -3.00. The number of nitrogens with zero attached hydrogens (tertiary/aromatic N) is 1. The molecule has 0 aromatic heterocycles. The Labute approximate surface area is 85.5 Å². The van der Waals surface area contributed by atoms with Gasteiger partial charge in [-0.25, -0.2) is 8.42 Å². The van der Waals surface area contributed by atoms with E-state index in [0.717, 1.165) is 19.4 Å². The quantitative estimate of drug-likeness (QED) is 0.730. The van der Waals surface area contributed by atoms with Crippen molar-refractivity contribution in [1.82, 2.24) is 4.31 Å². The van der Waals surface area contributed by atoms with Crippen molar-refractivity contribution < 1.29 is 8.42 Å². The van der Waals surface area contributed by atoms with Crippen molar-refractivity contribution in [3.05, 3.63) is 0 Å². The summed E-state index contributed by atoms with van der Waals surface area (Å²) < 4.78 is 25.4. The number of hydrogen-bond donors (Lipinski definition) is 1.